The van der Waals surface area contributed by atoms with Crippen molar-refractivity contribution in [2.75, 3.05) is 0 Å². The summed E-state index contributed by atoms with van der Waals surface area (Å²) in [5.41, 5.74) is 2.58. The van der Waals surface area contributed by atoms with E-state index in [9.17, 15) is 4.39 Å². The molecule has 0 aliphatic rings. The Balaban J connectivity index is 2.42. The summed E-state index contributed by atoms with van der Waals surface area (Å²) < 4.78 is 20.6. The van der Waals surface area contributed by atoms with Crippen molar-refractivity contribution in [2.45, 2.75) is 26.9 Å². The zero-order valence-corrected chi connectivity index (χ0v) is 14.9. The van der Waals surface area contributed by atoms with Gasteiger partial charge in [0.05, 0.1) is 0 Å². The van der Waals surface area contributed by atoms with E-state index in [0.29, 0.717) is 27.6 Å². The Morgan fingerprint density at radius 1 is 1.45 bits per heavy atom. The molecule has 0 amide bonds. The highest BCUT2D eigenvalue weighted by molar-refractivity contribution is 9.10. The van der Waals surface area contributed by atoms with Gasteiger partial charge in [0.1, 0.15) is 23.4 Å². The molecule has 5 heteroatoms. The van der Waals surface area contributed by atoms with E-state index in [2.05, 4.69) is 27.5 Å². The second-order valence-corrected chi connectivity index (χ2v) is 6.43. The Morgan fingerprint density at radius 2 is 2.14 bits per heavy atom. The van der Waals surface area contributed by atoms with Gasteiger partial charge in [-0.15, -0.1) is 0 Å². The van der Waals surface area contributed by atoms with Gasteiger partial charge in [0.2, 0.25) is 0 Å². The second-order valence-electron chi connectivity index (χ2n) is 5.11. The van der Waals surface area contributed by atoms with Gasteiger partial charge in [-0.2, -0.15) is 0 Å². The molecule has 0 radical (unpaired) electrons. The summed E-state index contributed by atoms with van der Waals surface area (Å²) in [7, 11) is 0. The number of benzene rings is 1. The second kappa shape index (κ2) is 6.80. The minimum absolute atomic E-state index is 0.303. The number of hydrogen-bond donors (Lipinski definition) is 0. The van der Waals surface area contributed by atoms with Crippen molar-refractivity contribution >= 4 is 33.1 Å². The molecule has 0 fully saturated rings. The molecular formula is C17H16BrClFNO. The largest absolute Gasteiger partial charge is 0.484 e. The van der Waals surface area contributed by atoms with Crippen LogP contribution in [0.15, 0.2) is 35.4 Å². The monoisotopic (exact) mass is 383 g/mol. The van der Waals surface area contributed by atoms with Crippen molar-refractivity contribution < 1.29 is 9.13 Å². The lowest BCUT2D eigenvalue weighted by molar-refractivity contribution is 0.224. The molecule has 2 nitrogen and oxygen atoms in total. The fourth-order valence-electron chi connectivity index (χ4n) is 2.25. The van der Waals surface area contributed by atoms with Crippen LogP contribution < -0.4 is 4.74 Å². The lowest BCUT2D eigenvalue weighted by Gasteiger charge is -2.20. The normalized spacial score (nSPS) is 12.1. The zero-order valence-electron chi connectivity index (χ0n) is 12.6. The van der Waals surface area contributed by atoms with E-state index in [4.69, 9.17) is 16.3 Å². The first-order chi connectivity index (χ1) is 10.3. The van der Waals surface area contributed by atoms with Gasteiger partial charge in [-0.3, -0.25) is 4.98 Å². The first-order valence-electron chi connectivity index (χ1n) is 6.73. The van der Waals surface area contributed by atoms with Crippen molar-refractivity contribution in [3.63, 3.8) is 0 Å². The molecule has 22 heavy (non-hydrogen) atoms. The first kappa shape index (κ1) is 17.0. The smallest absolute Gasteiger partial charge is 0.147 e. The fraction of sp³-hybridized carbons (Fsp3) is 0.235. The molecule has 1 atom stereocenters. The Morgan fingerprint density at radius 3 is 2.77 bits per heavy atom. The van der Waals surface area contributed by atoms with Crippen LogP contribution in [0.1, 0.15) is 36.8 Å². The predicted octanol–water partition coefficient (Wildman–Crippen LogP) is 6.12. The average Bonchev–Trinajstić information content (AvgIpc) is 2.43. The summed E-state index contributed by atoms with van der Waals surface area (Å²) in [5, 5.41) is 0.478. The number of allylic oxidation sites excluding steroid dienone is 1. The van der Waals surface area contributed by atoms with Crippen molar-refractivity contribution in [1.29, 1.82) is 0 Å². The maximum atomic E-state index is 13.8. The molecule has 0 aliphatic carbocycles. The fourth-order valence-corrected chi connectivity index (χ4v) is 2.92. The van der Waals surface area contributed by atoms with E-state index in [1.165, 1.54) is 12.1 Å². The topological polar surface area (TPSA) is 22.1 Å². The lowest BCUT2D eigenvalue weighted by Crippen LogP contribution is -2.09. The molecule has 0 saturated heterocycles. The van der Waals surface area contributed by atoms with E-state index < -0.39 is 6.10 Å². The third kappa shape index (κ3) is 3.50. The Bertz CT molecular complexity index is 733. The molecule has 0 bridgehead atoms. The van der Waals surface area contributed by atoms with Crippen LogP contribution in [0.2, 0.25) is 5.02 Å². The van der Waals surface area contributed by atoms with Gasteiger partial charge in [-0.25, -0.2) is 4.39 Å². The molecule has 116 valence electrons. The Kier molecular flexibility index (Phi) is 5.24. The van der Waals surface area contributed by atoms with E-state index in [-0.39, 0.29) is 5.82 Å². The van der Waals surface area contributed by atoms with Gasteiger partial charge < -0.3 is 4.74 Å². The maximum Gasteiger partial charge on any atom is 0.147 e. The number of rotatable bonds is 4. The summed E-state index contributed by atoms with van der Waals surface area (Å²) in [6, 6.07) is 4.71. The van der Waals surface area contributed by atoms with Crippen LogP contribution in [0.3, 0.4) is 0 Å². The van der Waals surface area contributed by atoms with Crippen molar-refractivity contribution in [1.82, 2.24) is 4.98 Å². The summed E-state index contributed by atoms with van der Waals surface area (Å²) in [5.74, 6) is 0.274. The van der Waals surface area contributed by atoms with Crippen molar-refractivity contribution in [3.8, 4) is 5.75 Å². The predicted molar refractivity (Wildman–Crippen MR) is 91.8 cm³/mol. The van der Waals surface area contributed by atoms with Crippen LogP contribution in [0.25, 0.3) is 5.57 Å². The van der Waals surface area contributed by atoms with Gasteiger partial charge in [0, 0.05) is 21.3 Å². The number of halogens is 3. The minimum Gasteiger partial charge on any atom is -0.484 e. The molecule has 1 aromatic carbocycles. The highest BCUT2D eigenvalue weighted by atomic mass is 79.9. The lowest BCUT2D eigenvalue weighted by atomic mass is 10.0. The number of aromatic nitrogens is 1. The molecule has 1 heterocycles. The van der Waals surface area contributed by atoms with Crippen LogP contribution >= 0.6 is 27.5 Å². The van der Waals surface area contributed by atoms with E-state index >= 15 is 0 Å². The summed E-state index contributed by atoms with van der Waals surface area (Å²) in [4.78, 5) is 4.31. The number of pyridine rings is 1. The van der Waals surface area contributed by atoms with Crippen LogP contribution in [0, 0.1) is 12.7 Å². The number of nitrogens with zero attached hydrogens (tertiary/aromatic N) is 1. The molecule has 0 aliphatic heterocycles. The standard InChI is InChI=1S/C17H16BrClFNO/c1-9(2)17-15(7-12(18)8-21-17)22-11(4)16-10(3)14(20)6-5-13(16)19/h5-8,11H,1H2,2-4H3. The van der Waals surface area contributed by atoms with Crippen molar-refractivity contribution in [3.05, 3.63) is 63.1 Å². The van der Waals surface area contributed by atoms with Crippen LogP contribution in [-0.4, -0.2) is 4.98 Å². The average molecular weight is 385 g/mol. The van der Waals surface area contributed by atoms with Gasteiger partial charge in [-0.05, 0) is 66.0 Å². The SMILES string of the molecule is C=C(C)c1ncc(Br)cc1OC(C)c1c(Cl)ccc(F)c1C. The molecule has 2 rings (SSSR count). The molecule has 1 aromatic heterocycles. The maximum absolute atomic E-state index is 13.8. The van der Waals surface area contributed by atoms with E-state index in [1.54, 1.807) is 13.1 Å². The third-order valence-corrected chi connectivity index (χ3v) is 4.09. The minimum atomic E-state index is -0.419. The molecule has 0 N–H and O–H groups in total. The summed E-state index contributed by atoms with van der Waals surface area (Å²) in [6.07, 6.45) is 1.26. The Labute approximate surface area is 143 Å². The quantitative estimate of drug-likeness (QED) is 0.633. The molecule has 2 aromatic rings. The first-order valence-corrected chi connectivity index (χ1v) is 7.91. The van der Waals surface area contributed by atoms with Gasteiger partial charge >= 0.3 is 0 Å². The van der Waals surface area contributed by atoms with Gasteiger partial charge in [0.25, 0.3) is 0 Å². The van der Waals surface area contributed by atoms with Crippen LogP contribution in [0.4, 0.5) is 4.39 Å². The number of hydrogen-bond acceptors (Lipinski definition) is 2. The molecule has 0 spiro atoms. The van der Waals surface area contributed by atoms with E-state index in [1.807, 2.05) is 19.9 Å². The third-order valence-electron chi connectivity index (χ3n) is 3.33. The summed E-state index contributed by atoms with van der Waals surface area (Å²) >= 11 is 9.58. The Hall–Kier alpha value is -1.39. The summed E-state index contributed by atoms with van der Waals surface area (Å²) in [6.45, 7) is 9.28. The molecule has 1 unspecified atom stereocenters. The molecular weight excluding hydrogens is 369 g/mol. The van der Waals surface area contributed by atoms with Gasteiger partial charge in [0.15, 0.2) is 0 Å². The van der Waals surface area contributed by atoms with Crippen LogP contribution in [-0.2, 0) is 0 Å². The van der Waals surface area contributed by atoms with Gasteiger partial charge in [-0.1, -0.05) is 18.2 Å². The molecule has 0 saturated carbocycles. The number of ether oxygens (including phenoxy) is 1. The zero-order chi connectivity index (χ0) is 16.4. The van der Waals surface area contributed by atoms with Crippen molar-refractivity contribution in [2.24, 2.45) is 0 Å². The highest BCUT2D eigenvalue weighted by Crippen LogP contribution is 2.34. The van der Waals surface area contributed by atoms with E-state index in [0.717, 1.165) is 10.0 Å². The highest BCUT2D eigenvalue weighted by Gasteiger charge is 2.19. The van der Waals surface area contributed by atoms with Crippen LogP contribution in [0.5, 0.6) is 5.75 Å².